The Balaban J connectivity index is 1.30. The van der Waals surface area contributed by atoms with Gasteiger partial charge in [0.15, 0.2) is 11.5 Å². The van der Waals surface area contributed by atoms with Gasteiger partial charge in [0.1, 0.15) is 11.6 Å². The standard InChI is InChI=1S/C28H27FN4O3/c1-31(2)22-5-3-4-19(14-22)28(34)32-12-10-21(11-13-32)33-24-8-7-20(29)16-23(24)30-27(33)18-6-9-25-26(15-18)36-17-35-25/h3-9,14-16,21H,10-13,17H2,1-2H3. The lowest BCUT2D eigenvalue weighted by Gasteiger charge is -2.34. The number of benzene rings is 3. The van der Waals surface area contributed by atoms with E-state index in [0.29, 0.717) is 35.7 Å². The van der Waals surface area contributed by atoms with Crippen molar-refractivity contribution >= 4 is 22.6 Å². The third-order valence-electron chi connectivity index (χ3n) is 7.01. The van der Waals surface area contributed by atoms with E-state index >= 15 is 0 Å². The fourth-order valence-electron chi connectivity index (χ4n) is 5.11. The Morgan fingerprint density at radius 2 is 1.81 bits per heavy atom. The summed E-state index contributed by atoms with van der Waals surface area (Å²) in [6.45, 7) is 1.47. The highest BCUT2D eigenvalue weighted by Crippen LogP contribution is 2.39. The summed E-state index contributed by atoms with van der Waals surface area (Å²) in [6.07, 6.45) is 1.55. The maximum absolute atomic E-state index is 14.0. The number of hydrogen-bond donors (Lipinski definition) is 0. The summed E-state index contributed by atoms with van der Waals surface area (Å²) in [6, 6.07) is 18.3. The largest absolute Gasteiger partial charge is 0.454 e. The average Bonchev–Trinajstić information content (AvgIpc) is 3.52. The van der Waals surface area contributed by atoms with Crippen LogP contribution in [0.3, 0.4) is 0 Å². The maximum atomic E-state index is 14.0. The predicted molar refractivity (Wildman–Crippen MR) is 136 cm³/mol. The molecule has 1 saturated heterocycles. The van der Waals surface area contributed by atoms with Gasteiger partial charge in [-0.15, -0.1) is 0 Å². The molecule has 0 saturated carbocycles. The van der Waals surface area contributed by atoms with Gasteiger partial charge >= 0.3 is 0 Å². The number of hydrogen-bond acceptors (Lipinski definition) is 5. The van der Waals surface area contributed by atoms with Crippen molar-refractivity contribution in [3.05, 3.63) is 72.0 Å². The molecular formula is C28H27FN4O3. The molecule has 0 spiro atoms. The van der Waals surface area contributed by atoms with Crippen LogP contribution in [0.25, 0.3) is 22.4 Å². The van der Waals surface area contributed by atoms with Gasteiger partial charge in [0.2, 0.25) is 6.79 Å². The van der Waals surface area contributed by atoms with Crippen molar-refractivity contribution < 1.29 is 18.7 Å². The number of amides is 1. The number of halogens is 1. The summed E-state index contributed by atoms with van der Waals surface area (Å²) in [4.78, 5) is 22.0. The number of nitrogens with zero attached hydrogens (tertiary/aromatic N) is 4. The fourth-order valence-corrected chi connectivity index (χ4v) is 5.11. The summed E-state index contributed by atoms with van der Waals surface area (Å²) in [7, 11) is 3.93. The molecule has 1 fully saturated rings. The number of piperidine rings is 1. The van der Waals surface area contributed by atoms with Gasteiger partial charge in [-0.3, -0.25) is 4.79 Å². The number of carbonyl (C=O) groups is 1. The van der Waals surface area contributed by atoms with Crippen molar-refractivity contribution in [1.82, 2.24) is 14.5 Å². The lowest BCUT2D eigenvalue weighted by Crippen LogP contribution is -2.39. The number of imidazole rings is 1. The van der Waals surface area contributed by atoms with Crippen LogP contribution in [-0.4, -0.2) is 54.3 Å². The molecule has 0 unspecified atom stereocenters. The predicted octanol–water partition coefficient (Wildman–Crippen LogP) is 5.11. The van der Waals surface area contributed by atoms with Crippen LogP contribution in [-0.2, 0) is 0 Å². The highest BCUT2D eigenvalue weighted by atomic mass is 19.1. The molecule has 1 aromatic heterocycles. The number of fused-ring (bicyclic) bond motifs is 2. The van der Waals surface area contributed by atoms with E-state index in [1.54, 1.807) is 6.07 Å². The van der Waals surface area contributed by atoms with E-state index in [-0.39, 0.29) is 24.6 Å². The number of aromatic nitrogens is 2. The molecule has 0 bridgehead atoms. The van der Waals surface area contributed by atoms with E-state index in [4.69, 9.17) is 14.5 Å². The van der Waals surface area contributed by atoms with E-state index < -0.39 is 0 Å². The molecular weight excluding hydrogens is 459 g/mol. The van der Waals surface area contributed by atoms with Gasteiger partial charge in [0, 0.05) is 56.1 Å². The van der Waals surface area contributed by atoms with Gasteiger partial charge < -0.3 is 23.8 Å². The van der Waals surface area contributed by atoms with Crippen LogP contribution in [0.2, 0.25) is 0 Å². The minimum absolute atomic E-state index is 0.0469. The summed E-state index contributed by atoms with van der Waals surface area (Å²) >= 11 is 0. The second kappa shape index (κ2) is 8.86. The lowest BCUT2D eigenvalue weighted by atomic mass is 10.0. The molecule has 8 heteroatoms. The Kier molecular flexibility index (Phi) is 5.51. The zero-order valence-corrected chi connectivity index (χ0v) is 20.3. The molecule has 0 aliphatic carbocycles. The molecule has 2 aliphatic heterocycles. The van der Waals surface area contributed by atoms with E-state index in [9.17, 15) is 9.18 Å². The second-order valence-electron chi connectivity index (χ2n) is 9.47. The zero-order valence-electron chi connectivity index (χ0n) is 20.3. The van der Waals surface area contributed by atoms with Gasteiger partial charge in [-0.2, -0.15) is 0 Å². The van der Waals surface area contributed by atoms with Crippen LogP contribution >= 0.6 is 0 Å². The fraction of sp³-hybridized carbons (Fsp3) is 0.286. The Morgan fingerprint density at radius 3 is 2.61 bits per heavy atom. The molecule has 6 rings (SSSR count). The van der Waals surface area contributed by atoms with E-state index in [1.165, 1.54) is 12.1 Å². The van der Waals surface area contributed by atoms with Gasteiger partial charge in [0.05, 0.1) is 11.0 Å². The quantitative estimate of drug-likeness (QED) is 0.401. The topological polar surface area (TPSA) is 59.8 Å². The van der Waals surface area contributed by atoms with E-state index in [1.807, 2.05) is 66.4 Å². The lowest BCUT2D eigenvalue weighted by molar-refractivity contribution is 0.0696. The molecule has 7 nitrogen and oxygen atoms in total. The summed E-state index contributed by atoms with van der Waals surface area (Å²) in [5.74, 6) is 1.88. The highest BCUT2D eigenvalue weighted by Gasteiger charge is 2.28. The first-order valence-electron chi connectivity index (χ1n) is 12.1. The van der Waals surface area contributed by atoms with Crippen molar-refractivity contribution in [1.29, 1.82) is 0 Å². The molecule has 3 aromatic carbocycles. The monoisotopic (exact) mass is 486 g/mol. The van der Waals surface area contributed by atoms with Crippen LogP contribution in [0.1, 0.15) is 29.2 Å². The van der Waals surface area contributed by atoms with Gasteiger partial charge in [-0.25, -0.2) is 9.37 Å². The van der Waals surface area contributed by atoms with E-state index in [0.717, 1.165) is 35.4 Å². The number of anilines is 1. The first kappa shape index (κ1) is 22.4. The maximum Gasteiger partial charge on any atom is 0.253 e. The smallest absolute Gasteiger partial charge is 0.253 e. The van der Waals surface area contributed by atoms with Crippen LogP contribution in [0, 0.1) is 5.82 Å². The van der Waals surface area contributed by atoms with Gasteiger partial charge in [-0.1, -0.05) is 6.07 Å². The molecule has 36 heavy (non-hydrogen) atoms. The molecule has 4 aromatic rings. The third-order valence-corrected chi connectivity index (χ3v) is 7.01. The van der Waals surface area contributed by atoms with Crippen molar-refractivity contribution in [2.45, 2.75) is 18.9 Å². The van der Waals surface area contributed by atoms with Gasteiger partial charge in [-0.05, 0) is 61.4 Å². The first-order chi connectivity index (χ1) is 17.5. The van der Waals surface area contributed by atoms with Crippen LogP contribution in [0.4, 0.5) is 10.1 Å². The van der Waals surface area contributed by atoms with Crippen LogP contribution < -0.4 is 14.4 Å². The minimum Gasteiger partial charge on any atom is -0.454 e. The Bertz CT molecular complexity index is 1460. The number of likely N-dealkylation sites (tertiary alicyclic amines) is 1. The molecule has 1 amide bonds. The first-order valence-corrected chi connectivity index (χ1v) is 12.1. The molecule has 184 valence electrons. The number of ether oxygens (including phenoxy) is 2. The Hall–Kier alpha value is -4.07. The summed E-state index contributed by atoms with van der Waals surface area (Å²) in [5.41, 5.74) is 4.08. The molecule has 0 N–H and O–H groups in total. The van der Waals surface area contributed by atoms with Gasteiger partial charge in [0.25, 0.3) is 5.91 Å². The second-order valence-corrected chi connectivity index (χ2v) is 9.47. The Morgan fingerprint density at radius 1 is 1.00 bits per heavy atom. The Labute approximate surface area is 208 Å². The molecule has 0 atom stereocenters. The van der Waals surface area contributed by atoms with Crippen molar-refractivity contribution in [3.8, 4) is 22.9 Å². The highest BCUT2D eigenvalue weighted by molar-refractivity contribution is 5.95. The molecule has 2 aliphatic rings. The summed E-state index contributed by atoms with van der Waals surface area (Å²) in [5, 5.41) is 0. The third kappa shape index (κ3) is 3.92. The number of rotatable bonds is 4. The van der Waals surface area contributed by atoms with Crippen molar-refractivity contribution in [2.75, 3.05) is 38.9 Å². The van der Waals surface area contributed by atoms with E-state index in [2.05, 4.69) is 4.57 Å². The normalized spacial score (nSPS) is 15.5. The van der Waals surface area contributed by atoms with Crippen molar-refractivity contribution in [3.63, 3.8) is 0 Å². The molecule has 3 heterocycles. The SMILES string of the molecule is CN(C)c1cccc(C(=O)N2CCC(n3c(-c4ccc5c(c4)OCO5)nc4cc(F)ccc43)CC2)c1. The number of carbonyl (C=O) groups excluding carboxylic acids is 1. The summed E-state index contributed by atoms with van der Waals surface area (Å²) < 4.78 is 27.3. The minimum atomic E-state index is -0.315. The van der Waals surface area contributed by atoms with Crippen molar-refractivity contribution in [2.24, 2.45) is 0 Å². The average molecular weight is 487 g/mol. The molecule has 0 radical (unpaired) electrons. The van der Waals surface area contributed by atoms with Crippen LogP contribution in [0.15, 0.2) is 60.7 Å². The van der Waals surface area contributed by atoms with Crippen LogP contribution in [0.5, 0.6) is 11.5 Å². The zero-order chi connectivity index (χ0) is 24.8.